The maximum atomic E-state index is 5.20. The molecule has 2 nitrogen and oxygen atoms in total. The Balaban J connectivity index is 2.03. The van der Waals surface area contributed by atoms with Crippen LogP contribution in [0.5, 0.6) is 0 Å². The van der Waals surface area contributed by atoms with Crippen molar-refractivity contribution in [3.8, 4) is 0 Å². The molecule has 3 heteroatoms. The summed E-state index contributed by atoms with van der Waals surface area (Å²) in [6.45, 7) is 9.47. The highest BCUT2D eigenvalue weighted by atomic mass is 127. The van der Waals surface area contributed by atoms with Crippen molar-refractivity contribution < 1.29 is 3.07 Å². The summed E-state index contributed by atoms with van der Waals surface area (Å²) >= 11 is 1.97. The normalized spacial score (nSPS) is 11.9. The third kappa shape index (κ3) is 7.44. The highest BCUT2D eigenvalue weighted by Crippen LogP contribution is 2.19. The first-order chi connectivity index (χ1) is 13.7. The molecule has 0 unspecified atom stereocenters. The molecule has 2 aromatic carbocycles. The van der Waals surface area contributed by atoms with Gasteiger partial charge in [-0.1, -0.05) is 73.5 Å². The highest BCUT2D eigenvalue weighted by Gasteiger charge is 2.01. The van der Waals surface area contributed by atoms with E-state index in [1.807, 2.05) is 23.0 Å². The first-order valence-electron chi connectivity index (χ1n) is 10.3. The summed E-state index contributed by atoms with van der Waals surface area (Å²) in [6.07, 6.45) is 9.96. The second kappa shape index (κ2) is 12.8. The molecule has 0 atom stereocenters. The van der Waals surface area contributed by atoms with Crippen LogP contribution in [0.3, 0.4) is 0 Å². The van der Waals surface area contributed by atoms with Gasteiger partial charge in [-0.3, -0.25) is 0 Å². The predicted octanol–water partition coefficient (Wildman–Crippen LogP) is 7.64. The minimum atomic E-state index is 0.778. The second-order valence-electron chi connectivity index (χ2n) is 6.88. The molecule has 0 N–H and O–H groups in total. The zero-order valence-electron chi connectivity index (χ0n) is 17.3. The zero-order chi connectivity index (χ0) is 20.2. The molecule has 0 bridgehead atoms. The molecule has 0 aliphatic heterocycles. The van der Waals surface area contributed by atoms with E-state index in [2.05, 4.69) is 92.4 Å². The molecule has 0 fully saturated rings. The number of halogens is 1. The van der Waals surface area contributed by atoms with E-state index in [9.17, 15) is 0 Å². The Bertz CT molecular complexity index is 743. The summed E-state index contributed by atoms with van der Waals surface area (Å²) in [5.74, 6) is 0. The molecule has 2 aromatic rings. The van der Waals surface area contributed by atoms with E-state index in [4.69, 9.17) is 3.07 Å². The first kappa shape index (κ1) is 22.7. The fourth-order valence-corrected chi connectivity index (χ4v) is 3.50. The van der Waals surface area contributed by atoms with Crippen LogP contribution in [0, 0.1) is 0 Å². The van der Waals surface area contributed by atoms with Crippen LogP contribution in [0.1, 0.15) is 56.7 Å². The lowest BCUT2D eigenvalue weighted by atomic mass is 10.0. The van der Waals surface area contributed by atoms with Crippen molar-refractivity contribution in [2.24, 2.45) is 0 Å². The lowest BCUT2D eigenvalue weighted by Gasteiger charge is -2.20. The third-order valence-electron chi connectivity index (χ3n) is 4.87. The van der Waals surface area contributed by atoms with Crippen molar-refractivity contribution in [2.45, 2.75) is 40.0 Å². The summed E-state index contributed by atoms with van der Waals surface area (Å²) in [7, 11) is 0. The summed E-state index contributed by atoms with van der Waals surface area (Å²) < 4.78 is 5.20. The quantitative estimate of drug-likeness (QED) is 0.238. The molecule has 0 aliphatic carbocycles. The topological polar surface area (TPSA) is 12.5 Å². The Morgan fingerprint density at radius 1 is 0.821 bits per heavy atom. The maximum Gasteiger partial charge on any atom is 0.109 e. The molecular formula is C25H32INO. The van der Waals surface area contributed by atoms with Gasteiger partial charge < -0.3 is 7.97 Å². The van der Waals surface area contributed by atoms with Crippen LogP contribution in [-0.2, 0) is 3.07 Å². The number of anilines is 1. The number of rotatable bonds is 11. The van der Waals surface area contributed by atoms with Crippen LogP contribution in [-0.4, -0.2) is 19.7 Å². The molecule has 0 spiro atoms. The van der Waals surface area contributed by atoms with E-state index >= 15 is 0 Å². The molecular weight excluding hydrogens is 457 g/mol. The summed E-state index contributed by atoms with van der Waals surface area (Å²) in [5.41, 5.74) is 6.45. The van der Waals surface area contributed by atoms with Gasteiger partial charge in [0.25, 0.3) is 0 Å². The van der Waals surface area contributed by atoms with E-state index in [-0.39, 0.29) is 0 Å². The van der Waals surface area contributed by atoms with E-state index in [0.717, 1.165) is 32.5 Å². The molecule has 0 aliphatic rings. The maximum absolute atomic E-state index is 5.20. The molecule has 150 valence electrons. The van der Waals surface area contributed by atoms with Gasteiger partial charge in [-0.05, 0) is 55.5 Å². The van der Waals surface area contributed by atoms with Crippen molar-refractivity contribution in [2.75, 3.05) is 24.6 Å². The average Bonchev–Trinajstić information content (AvgIpc) is 2.73. The van der Waals surface area contributed by atoms with Gasteiger partial charge in [0.2, 0.25) is 0 Å². The van der Waals surface area contributed by atoms with E-state index in [1.54, 1.807) is 0 Å². The number of hydrogen-bond donors (Lipinski definition) is 0. The van der Waals surface area contributed by atoms with Gasteiger partial charge in [-0.15, -0.1) is 0 Å². The monoisotopic (exact) mass is 489 g/mol. The van der Waals surface area contributed by atoms with Crippen LogP contribution < -0.4 is 4.90 Å². The predicted molar refractivity (Wildman–Crippen MR) is 133 cm³/mol. The Labute approximate surface area is 185 Å². The van der Waals surface area contributed by atoms with E-state index < -0.39 is 0 Å². The number of benzene rings is 2. The van der Waals surface area contributed by atoms with Crippen LogP contribution in [0.4, 0.5) is 5.69 Å². The summed E-state index contributed by atoms with van der Waals surface area (Å²) in [5, 5.41) is 0. The van der Waals surface area contributed by atoms with Crippen LogP contribution in [0.15, 0.2) is 54.1 Å². The molecule has 28 heavy (non-hydrogen) atoms. The lowest BCUT2D eigenvalue weighted by molar-refractivity contribution is 0.428. The van der Waals surface area contributed by atoms with Crippen molar-refractivity contribution >= 4 is 46.9 Å². The minimum absolute atomic E-state index is 0.778. The lowest BCUT2D eigenvalue weighted by Crippen LogP contribution is -2.21. The van der Waals surface area contributed by atoms with Gasteiger partial charge in [0.15, 0.2) is 0 Å². The Kier molecular flexibility index (Phi) is 10.4. The standard InChI is InChI=1S/C25H32INO/c1-4-7-23(18-19-28-26)20-24-12-10-21(11-13-24)8-9-22-14-16-25(17-15-22)27(5-2)6-3/h8-17,20H,4-7,18-19H2,1-3H3/b9-8+,23-20-. The molecule has 0 amide bonds. The fourth-order valence-electron chi connectivity index (χ4n) is 3.28. The van der Waals surface area contributed by atoms with Gasteiger partial charge in [0.05, 0.1) is 6.61 Å². The zero-order valence-corrected chi connectivity index (χ0v) is 19.5. The van der Waals surface area contributed by atoms with Crippen LogP contribution >= 0.6 is 23.0 Å². The largest absolute Gasteiger partial charge is 0.372 e. The fraction of sp³-hybridized carbons (Fsp3) is 0.360. The van der Waals surface area contributed by atoms with E-state index in [1.165, 1.54) is 34.4 Å². The third-order valence-corrected chi connectivity index (χ3v) is 5.31. The minimum Gasteiger partial charge on any atom is -0.372 e. The summed E-state index contributed by atoms with van der Waals surface area (Å²) in [4.78, 5) is 2.36. The Morgan fingerprint density at radius 3 is 1.86 bits per heavy atom. The number of hydrogen-bond acceptors (Lipinski definition) is 2. The second-order valence-corrected chi connectivity index (χ2v) is 7.50. The molecule has 0 saturated heterocycles. The average molecular weight is 489 g/mol. The van der Waals surface area contributed by atoms with Crippen molar-refractivity contribution in [1.29, 1.82) is 0 Å². The SMILES string of the molecule is CCC/C(=C/c1ccc(/C=C/c2ccc(N(CC)CC)cc2)cc1)CCOI. The molecule has 0 saturated carbocycles. The highest BCUT2D eigenvalue weighted by molar-refractivity contribution is 14.1. The molecule has 0 heterocycles. The van der Waals surface area contributed by atoms with Gasteiger partial charge in [0.1, 0.15) is 23.0 Å². The van der Waals surface area contributed by atoms with E-state index in [0.29, 0.717) is 0 Å². The van der Waals surface area contributed by atoms with Crippen LogP contribution in [0.25, 0.3) is 18.2 Å². The van der Waals surface area contributed by atoms with Gasteiger partial charge in [-0.25, -0.2) is 0 Å². The smallest absolute Gasteiger partial charge is 0.109 e. The Morgan fingerprint density at radius 2 is 1.36 bits per heavy atom. The molecule has 0 radical (unpaired) electrons. The summed E-state index contributed by atoms with van der Waals surface area (Å²) in [6, 6.07) is 17.6. The Hall–Kier alpha value is -1.59. The molecule has 0 aromatic heterocycles. The van der Waals surface area contributed by atoms with Gasteiger partial charge in [0, 0.05) is 18.8 Å². The van der Waals surface area contributed by atoms with Gasteiger partial charge in [-0.2, -0.15) is 0 Å². The van der Waals surface area contributed by atoms with Crippen molar-refractivity contribution in [3.63, 3.8) is 0 Å². The van der Waals surface area contributed by atoms with Crippen molar-refractivity contribution in [1.82, 2.24) is 0 Å². The van der Waals surface area contributed by atoms with Crippen molar-refractivity contribution in [3.05, 3.63) is 70.8 Å². The van der Waals surface area contributed by atoms with Crippen LogP contribution in [0.2, 0.25) is 0 Å². The first-order valence-corrected chi connectivity index (χ1v) is 11.1. The number of nitrogens with zero attached hydrogens (tertiary/aromatic N) is 1. The molecule has 2 rings (SSSR count). The van der Waals surface area contributed by atoms with Gasteiger partial charge >= 0.3 is 0 Å².